The van der Waals surface area contributed by atoms with Gasteiger partial charge in [-0.1, -0.05) is 17.3 Å². The van der Waals surface area contributed by atoms with Gasteiger partial charge in [0.15, 0.2) is 17.7 Å². The molecule has 0 aliphatic carbocycles. The molecule has 1 N–H and O–H groups in total. The molecule has 8 nitrogen and oxygen atoms in total. The van der Waals surface area contributed by atoms with E-state index in [4.69, 9.17) is 9.47 Å². The Bertz CT molecular complexity index is 1080. The van der Waals surface area contributed by atoms with Gasteiger partial charge >= 0.3 is 0 Å². The van der Waals surface area contributed by atoms with E-state index in [9.17, 15) is 4.79 Å². The van der Waals surface area contributed by atoms with Crippen LogP contribution in [0.3, 0.4) is 0 Å². The van der Waals surface area contributed by atoms with Crippen LogP contribution >= 0.6 is 0 Å². The zero-order valence-corrected chi connectivity index (χ0v) is 15.5. The average Bonchev–Trinajstić information content (AvgIpc) is 3.33. The molecule has 1 atom stereocenters. The molecule has 2 aromatic carbocycles. The van der Waals surface area contributed by atoms with Crippen LogP contribution in [-0.2, 0) is 6.54 Å². The van der Waals surface area contributed by atoms with Crippen LogP contribution in [0.4, 0.5) is 11.4 Å². The van der Waals surface area contributed by atoms with Gasteiger partial charge in [0, 0.05) is 18.3 Å². The number of para-hydroxylation sites is 1. The van der Waals surface area contributed by atoms with Gasteiger partial charge in [-0.2, -0.15) is 0 Å². The molecule has 0 spiro atoms. The number of hydrogen-bond acceptors (Lipinski definition) is 6. The lowest BCUT2D eigenvalue weighted by Crippen LogP contribution is -2.44. The molecular weight excluding hydrogens is 358 g/mol. The number of hydrogen-bond donors (Lipinski definition) is 1. The third kappa shape index (κ3) is 2.41. The molecule has 0 radical (unpaired) electrons. The second-order valence-corrected chi connectivity index (χ2v) is 6.68. The van der Waals surface area contributed by atoms with Crippen LogP contribution in [0, 0.1) is 6.92 Å². The number of rotatable bonds is 3. The van der Waals surface area contributed by atoms with Gasteiger partial charge in [0.05, 0.1) is 16.9 Å². The monoisotopic (exact) mass is 377 g/mol. The molecule has 3 aromatic rings. The van der Waals surface area contributed by atoms with E-state index >= 15 is 0 Å². The molecule has 0 saturated heterocycles. The van der Waals surface area contributed by atoms with Gasteiger partial charge in [0.2, 0.25) is 6.79 Å². The number of nitrogens with one attached hydrogen (secondary N) is 1. The molecule has 0 fully saturated rings. The molecule has 1 unspecified atom stereocenters. The zero-order valence-electron chi connectivity index (χ0n) is 15.5. The van der Waals surface area contributed by atoms with Gasteiger partial charge < -0.3 is 14.8 Å². The van der Waals surface area contributed by atoms with Gasteiger partial charge in [-0.15, -0.1) is 5.10 Å². The second kappa shape index (κ2) is 6.26. The van der Waals surface area contributed by atoms with E-state index in [1.807, 2.05) is 61.0 Å². The second-order valence-electron chi connectivity index (χ2n) is 6.68. The molecule has 3 heterocycles. The first kappa shape index (κ1) is 16.6. The van der Waals surface area contributed by atoms with Crippen LogP contribution in [0.25, 0.3) is 0 Å². The van der Waals surface area contributed by atoms with E-state index in [2.05, 4.69) is 15.6 Å². The molecule has 0 bridgehead atoms. The molecule has 8 heteroatoms. The Hall–Kier alpha value is -3.55. The van der Waals surface area contributed by atoms with Gasteiger partial charge in [0.25, 0.3) is 5.91 Å². The number of anilines is 2. The predicted octanol–water partition coefficient (Wildman–Crippen LogP) is 3.11. The summed E-state index contributed by atoms with van der Waals surface area (Å²) in [5.74, 6) is 1.21. The third-order valence-electron chi connectivity index (χ3n) is 5.07. The fourth-order valence-corrected chi connectivity index (χ4v) is 3.73. The van der Waals surface area contributed by atoms with Crippen molar-refractivity contribution in [2.45, 2.75) is 26.6 Å². The van der Waals surface area contributed by atoms with Gasteiger partial charge in [-0.05, 0) is 38.1 Å². The van der Waals surface area contributed by atoms with Crippen molar-refractivity contribution in [3.8, 4) is 11.5 Å². The van der Waals surface area contributed by atoms with Crippen LogP contribution in [0.2, 0.25) is 0 Å². The van der Waals surface area contributed by atoms with Crippen LogP contribution in [-0.4, -0.2) is 27.7 Å². The Morgan fingerprint density at radius 2 is 2.00 bits per heavy atom. The fraction of sp³-hybridized carbons (Fsp3) is 0.250. The number of aryl methyl sites for hydroxylation is 2. The lowest BCUT2D eigenvalue weighted by atomic mass is 10.0. The van der Waals surface area contributed by atoms with Crippen molar-refractivity contribution in [3.05, 3.63) is 59.4 Å². The van der Waals surface area contributed by atoms with Crippen LogP contribution < -0.4 is 19.7 Å². The molecule has 142 valence electrons. The minimum Gasteiger partial charge on any atom is -0.454 e. The summed E-state index contributed by atoms with van der Waals surface area (Å²) in [5.41, 5.74) is 3.74. The smallest absolute Gasteiger partial charge is 0.262 e. The molecule has 2 aliphatic heterocycles. The lowest BCUT2D eigenvalue weighted by molar-refractivity contribution is 0.0973. The van der Waals surface area contributed by atoms with E-state index < -0.39 is 6.17 Å². The Balaban J connectivity index is 1.68. The molecule has 1 amide bonds. The summed E-state index contributed by atoms with van der Waals surface area (Å²) in [7, 11) is 0. The predicted molar refractivity (Wildman–Crippen MR) is 103 cm³/mol. The first-order valence-electron chi connectivity index (χ1n) is 9.16. The molecule has 5 rings (SSSR count). The highest BCUT2D eigenvalue weighted by molar-refractivity contribution is 6.12. The van der Waals surface area contributed by atoms with Gasteiger partial charge in [0.1, 0.15) is 5.69 Å². The van der Waals surface area contributed by atoms with Crippen molar-refractivity contribution in [2.75, 3.05) is 17.0 Å². The summed E-state index contributed by atoms with van der Waals surface area (Å²) in [6, 6.07) is 13.0. The highest BCUT2D eigenvalue weighted by atomic mass is 16.7. The fourth-order valence-electron chi connectivity index (χ4n) is 3.73. The summed E-state index contributed by atoms with van der Waals surface area (Å²) in [4.78, 5) is 15.2. The minimum absolute atomic E-state index is 0.0959. The lowest BCUT2D eigenvalue weighted by Gasteiger charge is -2.38. The number of amides is 1. The van der Waals surface area contributed by atoms with Crippen molar-refractivity contribution >= 4 is 17.3 Å². The zero-order chi connectivity index (χ0) is 19.3. The summed E-state index contributed by atoms with van der Waals surface area (Å²) in [6.07, 6.45) is -0.447. The minimum atomic E-state index is -0.447. The highest BCUT2D eigenvalue weighted by Gasteiger charge is 2.37. The van der Waals surface area contributed by atoms with Crippen molar-refractivity contribution < 1.29 is 14.3 Å². The normalized spacial score (nSPS) is 17.4. The van der Waals surface area contributed by atoms with Crippen molar-refractivity contribution in [3.63, 3.8) is 0 Å². The number of carbonyl (C=O) groups is 1. The van der Waals surface area contributed by atoms with Crippen LogP contribution in [0.1, 0.15) is 34.8 Å². The Kier molecular flexibility index (Phi) is 3.71. The van der Waals surface area contributed by atoms with E-state index in [0.29, 0.717) is 29.3 Å². The van der Waals surface area contributed by atoms with Gasteiger partial charge in [-0.25, -0.2) is 4.68 Å². The van der Waals surface area contributed by atoms with Crippen molar-refractivity contribution in [1.29, 1.82) is 0 Å². The SMILES string of the molecule is CCn1nnc(C)c1C1Nc2ccccc2C(=O)N1c1ccc2c(c1)OCO2. The van der Waals surface area contributed by atoms with Crippen LogP contribution in [0.5, 0.6) is 11.5 Å². The Morgan fingerprint density at radius 1 is 1.18 bits per heavy atom. The average molecular weight is 377 g/mol. The van der Waals surface area contributed by atoms with E-state index in [1.54, 1.807) is 4.90 Å². The molecule has 28 heavy (non-hydrogen) atoms. The largest absolute Gasteiger partial charge is 0.454 e. The quantitative estimate of drug-likeness (QED) is 0.755. The van der Waals surface area contributed by atoms with E-state index in [0.717, 1.165) is 17.1 Å². The molecule has 1 aromatic heterocycles. The number of aromatic nitrogens is 3. The van der Waals surface area contributed by atoms with E-state index in [1.165, 1.54) is 0 Å². The molecule has 2 aliphatic rings. The first-order valence-corrected chi connectivity index (χ1v) is 9.16. The summed E-state index contributed by atoms with van der Waals surface area (Å²) in [6.45, 7) is 4.74. The highest BCUT2D eigenvalue weighted by Crippen LogP contribution is 2.41. The number of ether oxygens (including phenoxy) is 2. The summed E-state index contributed by atoms with van der Waals surface area (Å²) < 4.78 is 12.7. The maximum atomic E-state index is 13.5. The number of carbonyl (C=O) groups excluding carboxylic acids is 1. The van der Waals surface area contributed by atoms with Crippen molar-refractivity contribution in [2.24, 2.45) is 0 Å². The van der Waals surface area contributed by atoms with Gasteiger partial charge in [-0.3, -0.25) is 9.69 Å². The van der Waals surface area contributed by atoms with Crippen LogP contribution in [0.15, 0.2) is 42.5 Å². The summed E-state index contributed by atoms with van der Waals surface area (Å²) in [5, 5.41) is 11.9. The number of benzene rings is 2. The number of fused-ring (bicyclic) bond motifs is 2. The Morgan fingerprint density at radius 3 is 2.86 bits per heavy atom. The molecule has 0 saturated carbocycles. The Labute approximate surface area is 161 Å². The number of nitrogens with zero attached hydrogens (tertiary/aromatic N) is 4. The standard InChI is InChI=1S/C20H19N5O3/c1-3-24-18(12(2)22-23-24)19-21-15-7-5-4-6-14(15)20(26)25(19)13-8-9-16-17(10-13)28-11-27-16/h4-10,19,21H,3,11H2,1-2H3. The third-order valence-corrected chi connectivity index (χ3v) is 5.07. The first-order chi connectivity index (χ1) is 13.7. The summed E-state index contributed by atoms with van der Waals surface area (Å²) >= 11 is 0. The topological polar surface area (TPSA) is 81.5 Å². The molecular formula is C20H19N5O3. The maximum Gasteiger partial charge on any atom is 0.262 e. The maximum absolute atomic E-state index is 13.5. The van der Waals surface area contributed by atoms with Crippen molar-refractivity contribution in [1.82, 2.24) is 15.0 Å². The van der Waals surface area contributed by atoms with E-state index in [-0.39, 0.29) is 12.7 Å².